The molecule has 0 bridgehead atoms. The second kappa shape index (κ2) is 13.8. The van der Waals surface area contributed by atoms with Crippen molar-refractivity contribution in [2.75, 3.05) is 32.7 Å². The summed E-state index contributed by atoms with van der Waals surface area (Å²) in [6, 6.07) is 31.2. The van der Waals surface area contributed by atoms with Gasteiger partial charge >= 0.3 is 0 Å². The Morgan fingerprint density at radius 2 is 1.14 bits per heavy atom. The van der Waals surface area contributed by atoms with Crippen molar-refractivity contribution in [1.29, 1.82) is 0 Å². The van der Waals surface area contributed by atoms with Gasteiger partial charge in [-0.15, -0.1) is 0 Å². The molecular weight excluding hydrogens is 460 g/mol. The molecule has 0 radical (unpaired) electrons. The van der Waals surface area contributed by atoms with Gasteiger partial charge in [-0.1, -0.05) is 91.0 Å². The van der Waals surface area contributed by atoms with Gasteiger partial charge in [0.25, 0.3) is 0 Å². The van der Waals surface area contributed by atoms with Crippen LogP contribution >= 0.6 is 0 Å². The molecule has 0 amide bonds. The van der Waals surface area contributed by atoms with Gasteiger partial charge in [-0.05, 0) is 48.5 Å². The molecule has 0 aliphatic carbocycles. The maximum absolute atomic E-state index is 6.62. The van der Waals surface area contributed by atoms with Crippen LogP contribution in [0.1, 0.15) is 29.5 Å². The smallest absolute Gasteiger partial charge is 0.113 e. The Bertz CT molecular complexity index is 974. The number of rotatable bonds is 11. The largest absolute Gasteiger partial charge is 0.369 e. The van der Waals surface area contributed by atoms with E-state index in [4.69, 9.17) is 14.2 Å². The van der Waals surface area contributed by atoms with E-state index in [2.05, 4.69) is 83.0 Å². The fourth-order valence-corrected chi connectivity index (χ4v) is 5.46. The molecule has 0 spiro atoms. The van der Waals surface area contributed by atoms with E-state index in [1.54, 1.807) is 0 Å². The highest BCUT2D eigenvalue weighted by molar-refractivity contribution is 5.15. The van der Waals surface area contributed by atoms with E-state index in [0.717, 1.165) is 32.7 Å². The van der Waals surface area contributed by atoms with Crippen molar-refractivity contribution in [2.45, 2.75) is 51.0 Å². The van der Waals surface area contributed by atoms with Crippen LogP contribution in [0.5, 0.6) is 0 Å². The van der Waals surface area contributed by atoms with Crippen LogP contribution in [0.15, 0.2) is 91.0 Å². The number of nitrogens with one attached hydrogen (secondary N) is 1. The average Bonchev–Trinajstić information content (AvgIpc) is 2.96. The summed E-state index contributed by atoms with van der Waals surface area (Å²) in [6.45, 7) is 6.69. The summed E-state index contributed by atoms with van der Waals surface area (Å²) in [5.41, 5.74) is 3.53. The molecule has 0 aromatic heterocycles. The lowest BCUT2D eigenvalue weighted by atomic mass is 9.95. The quantitative estimate of drug-likeness (QED) is 0.399. The summed E-state index contributed by atoms with van der Waals surface area (Å²) in [5.74, 6) is 0.667. The summed E-state index contributed by atoms with van der Waals surface area (Å²) in [6.07, 6.45) is 2.24. The number of ether oxygens (including phenoxy) is 3. The standard InChI is InChI=1S/C32H40N2O3/c1-4-11-26(12-5-1)23-35-30-21-34(20-29-17-10-18-33-19-29)22-31(36-24-27-13-6-2-7-14-27)32(30)37-25-28-15-8-3-9-16-28/h1-9,11-16,29-33H,10,17-25H2/t29-,30?,31?,32?/m0/s1. The van der Waals surface area contributed by atoms with E-state index in [-0.39, 0.29) is 18.3 Å². The molecule has 5 rings (SSSR count). The topological polar surface area (TPSA) is 43.0 Å². The predicted molar refractivity (Wildman–Crippen MR) is 147 cm³/mol. The average molecular weight is 501 g/mol. The molecule has 0 saturated carbocycles. The lowest BCUT2D eigenvalue weighted by molar-refractivity contribution is -0.185. The van der Waals surface area contributed by atoms with E-state index in [1.807, 2.05) is 18.2 Å². The highest BCUT2D eigenvalue weighted by atomic mass is 16.6. The molecule has 2 saturated heterocycles. The van der Waals surface area contributed by atoms with Crippen molar-refractivity contribution in [1.82, 2.24) is 10.2 Å². The molecule has 37 heavy (non-hydrogen) atoms. The highest BCUT2D eigenvalue weighted by Gasteiger charge is 2.40. The first-order valence-electron chi connectivity index (χ1n) is 13.7. The molecule has 1 N–H and O–H groups in total. The van der Waals surface area contributed by atoms with Gasteiger partial charge in [0.05, 0.1) is 32.0 Å². The van der Waals surface area contributed by atoms with Crippen LogP contribution in [0.2, 0.25) is 0 Å². The number of likely N-dealkylation sites (tertiary alicyclic amines) is 1. The molecule has 3 aromatic carbocycles. The van der Waals surface area contributed by atoms with E-state index in [0.29, 0.717) is 25.7 Å². The fraction of sp³-hybridized carbons (Fsp3) is 0.438. The van der Waals surface area contributed by atoms with Crippen LogP contribution < -0.4 is 5.32 Å². The van der Waals surface area contributed by atoms with Gasteiger partial charge in [0.15, 0.2) is 0 Å². The molecule has 3 atom stereocenters. The van der Waals surface area contributed by atoms with Crippen molar-refractivity contribution in [2.24, 2.45) is 5.92 Å². The van der Waals surface area contributed by atoms with Crippen LogP contribution in [0.25, 0.3) is 0 Å². The lowest BCUT2D eigenvalue weighted by Crippen LogP contribution is -2.59. The zero-order valence-electron chi connectivity index (χ0n) is 21.7. The molecular formula is C32H40N2O3. The second-order valence-corrected chi connectivity index (χ2v) is 10.4. The van der Waals surface area contributed by atoms with Crippen molar-refractivity contribution >= 4 is 0 Å². The van der Waals surface area contributed by atoms with Crippen LogP contribution in [0, 0.1) is 5.92 Å². The normalized spacial score (nSPS) is 24.6. The Kier molecular flexibility index (Phi) is 9.76. The fourth-order valence-electron chi connectivity index (χ4n) is 5.46. The number of piperidine rings is 2. The van der Waals surface area contributed by atoms with Crippen molar-refractivity contribution < 1.29 is 14.2 Å². The third-order valence-electron chi connectivity index (χ3n) is 7.42. The molecule has 3 aromatic rings. The van der Waals surface area contributed by atoms with Crippen LogP contribution in [-0.2, 0) is 34.0 Å². The van der Waals surface area contributed by atoms with E-state index in [9.17, 15) is 0 Å². The molecule has 196 valence electrons. The second-order valence-electron chi connectivity index (χ2n) is 10.4. The first kappa shape index (κ1) is 26.1. The Labute approximate surface area is 221 Å². The molecule has 2 unspecified atom stereocenters. The van der Waals surface area contributed by atoms with Gasteiger partial charge < -0.3 is 19.5 Å². The van der Waals surface area contributed by atoms with Crippen LogP contribution in [0.3, 0.4) is 0 Å². The number of nitrogens with zero attached hydrogens (tertiary/aromatic N) is 1. The van der Waals surface area contributed by atoms with E-state index >= 15 is 0 Å². The van der Waals surface area contributed by atoms with Crippen molar-refractivity contribution in [3.63, 3.8) is 0 Å². The van der Waals surface area contributed by atoms with E-state index < -0.39 is 0 Å². The Hall–Kier alpha value is -2.54. The Balaban J connectivity index is 1.33. The van der Waals surface area contributed by atoms with Gasteiger partial charge in [0.2, 0.25) is 0 Å². The molecule has 2 aliphatic heterocycles. The maximum Gasteiger partial charge on any atom is 0.113 e. The summed E-state index contributed by atoms with van der Waals surface area (Å²) in [7, 11) is 0. The minimum absolute atomic E-state index is 0.0741. The van der Waals surface area contributed by atoms with E-state index in [1.165, 1.54) is 29.5 Å². The minimum Gasteiger partial charge on any atom is -0.369 e. The summed E-state index contributed by atoms with van der Waals surface area (Å²) in [5, 5.41) is 3.57. The molecule has 2 fully saturated rings. The van der Waals surface area contributed by atoms with Gasteiger partial charge in [-0.25, -0.2) is 0 Å². The summed E-state index contributed by atoms with van der Waals surface area (Å²) < 4.78 is 19.8. The van der Waals surface area contributed by atoms with Gasteiger partial charge in [-0.2, -0.15) is 0 Å². The summed E-state index contributed by atoms with van der Waals surface area (Å²) >= 11 is 0. The molecule has 2 heterocycles. The lowest BCUT2D eigenvalue weighted by Gasteiger charge is -2.44. The zero-order valence-corrected chi connectivity index (χ0v) is 21.7. The molecule has 2 aliphatic rings. The number of hydrogen-bond acceptors (Lipinski definition) is 5. The third kappa shape index (κ3) is 7.97. The SMILES string of the molecule is c1ccc(COC2CN(C[C@H]3CCCNC3)CC(OCc3ccccc3)C2OCc2ccccc2)cc1. The Morgan fingerprint density at radius 3 is 1.59 bits per heavy atom. The minimum atomic E-state index is -0.145. The number of hydrogen-bond donors (Lipinski definition) is 1. The van der Waals surface area contributed by atoms with Gasteiger partial charge in [-0.3, -0.25) is 4.90 Å². The maximum atomic E-state index is 6.62. The molecule has 5 nitrogen and oxygen atoms in total. The first-order chi connectivity index (χ1) is 18.3. The third-order valence-corrected chi connectivity index (χ3v) is 7.42. The van der Waals surface area contributed by atoms with Crippen molar-refractivity contribution in [3.8, 4) is 0 Å². The summed E-state index contributed by atoms with van der Waals surface area (Å²) in [4.78, 5) is 2.55. The molecule has 5 heteroatoms. The van der Waals surface area contributed by atoms with Crippen molar-refractivity contribution in [3.05, 3.63) is 108 Å². The zero-order chi connectivity index (χ0) is 25.1. The Morgan fingerprint density at radius 1 is 0.649 bits per heavy atom. The number of benzene rings is 3. The highest BCUT2D eigenvalue weighted by Crippen LogP contribution is 2.26. The first-order valence-corrected chi connectivity index (χ1v) is 13.7. The van der Waals surface area contributed by atoms with Gasteiger partial charge in [0.1, 0.15) is 6.10 Å². The predicted octanol–water partition coefficient (Wildman–Crippen LogP) is 5.06. The monoisotopic (exact) mass is 500 g/mol. The van der Waals surface area contributed by atoms with Crippen LogP contribution in [0.4, 0.5) is 0 Å². The van der Waals surface area contributed by atoms with Gasteiger partial charge in [0, 0.05) is 19.6 Å². The van der Waals surface area contributed by atoms with Crippen LogP contribution in [-0.4, -0.2) is 55.9 Å².